The van der Waals surface area contributed by atoms with Gasteiger partial charge in [-0.05, 0) is 12.3 Å². The topological polar surface area (TPSA) is 37.4 Å². The van der Waals surface area contributed by atoms with Gasteiger partial charge < -0.3 is 0 Å². The molecule has 3 nitrogen and oxygen atoms in total. The van der Waals surface area contributed by atoms with Gasteiger partial charge in [-0.25, -0.2) is 8.42 Å². The molecule has 0 unspecified atom stereocenters. The van der Waals surface area contributed by atoms with Gasteiger partial charge in [-0.15, -0.1) is 2.52 Å². The fourth-order valence-corrected chi connectivity index (χ4v) is 1.24. The molecule has 0 saturated carbocycles. The maximum absolute atomic E-state index is 10.9. The second kappa shape index (κ2) is 4.61. The monoisotopic (exact) mass is 291 g/mol. The van der Waals surface area contributed by atoms with Crippen LogP contribution in [0.5, 0.6) is 0 Å². The summed E-state index contributed by atoms with van der Waals surface area (Å²) in [6.07, 6.45) is 2.13. The molecule has 0 amide bonds. The number of rotatable bonds is 4. The molecule has 0 aromatic rings. The molecule has 0 saturated heterocycles. The Labute approximate surface area is 82.7 Å². The van der Waals surface area contributed by atoms with E-state index in [0.717, 1.165) is 6.42 Å². The zero-order valence-electron chi connectivity index (χ0n) is 7.04. The summed E-state index contributed by atoms with van der Waals surface area (Å²) in [7, 11) is -2.98. The zero-order valence-corrected chi connectivity index (χ0v) is 10.0. The Hall–Kier alpha value is 0.640. The van der Waals surface area contributed by atoms with Gasteiger partial charge in [0, 0.05) is 29.4 Å². The minimum Gasteiger partial charge on any atom is -0.212 e. The molecule has 0 heterocycles. The van der Waals surface area contributed by atoms with Crippen molar-refractivity contribution in [3.63, 3.8) is 0 Å². The third-order valence-corrected chi connectivity index (χ3v) is 4.77. The van der Waals surface area contributed by atoms with Crippen molar-refractivity contribution in [1.82, 2.24) is 2.52 Å². The lowest BCUT2D eigenvalue weighted by Gasteiger charge is -2.12. The molecule has 0 aromatic carbocycles. The van der Waals surface area contributed by atoms with E-state index in [1.54, 1.807) is 0 Å². The van der Waals surface area contributed by atoms with Crippen molar-refractivity contribution in [3.05, 3.63) is 0 Å². The summed E-state index contributed by atoms with van der Waals surface area (Å²) in [5.74, 6) is 0.550. The molecule has 0 fully saturated rings. The molecular weight excluding hydrogens is 277 g/mol. The smallest absolute Gasteiger partial charge is 0.212 e. The van der Waals surface area contributed by atoms with Crippen molar-refractivity contribution >= 4 is 32.9 Å². The van der Waals surface area contributed by atoms with Gasteiger partial charge in [0.15, 0.2) is 0 Å². The number of hydrogen-bond donors (Lipinski definition) is 0. The van der Waals surface area contributed by atoms with Crippen molar-refractivity contribution in [3.8, 4) is 0 Å². The first-order valence-corrected chi connectivity index (χ1v) is 6.29. The lowest BCUT2D eigenvalue weighted by Crippen LogP contribution is -2.21. The van der Waals surface area contributed by atoms with Gasteiger partial charge in [0.1, 0.15) is 0 Å². The largest absolute Gasteiger partial charge is 0.219 e. The highest BCUT2D eigenvalue weighted by Crippen LogP contribution is 2.10. The van der Waals surface area contributed by atoms with Crippen LogP contribution in [0, 0.1) is 5.92 Å². The van der Waals surface area contributed by atoms with Crippen LogP contribution in [0.1, 0.15) is 20.3 Å². The summed E-state index contributed by atoms with van der Waals surface area (Å²) >= 11 is 1.83. The van der Waals surface area contributed by atoms with Crippen molar-refractivity contribution in [1.29, 1.82) is 0 Å². The number of hydrogen-bond acceptors (Lipinski definition) is 2. The van der Waals surface area contributed by atoms with E-state index in [0.29, 0.717) is 12.5 Å². The Balaban J connectivity index is 3.81. The molecule has 0 rings (SSSR count). The van der Waals surface area contributed by atoms with E-state index in [-0.39, 0.29) is 0 Å². The number of halogens is 1. The first kappa shape index (κ1) is 11.6. The second-order valence-electron chi connectivity index (χ2n) is 2.96. The molecule has 0 radical (unpaired) electrons. The van der Waals surface area contributed by atoms with Gasteiger partial charge in [-0.1, -0.05) is 13.8 Å². The van der Waals surface area contributed by atoms with Crippen molar-refractivity contribution < 1.29 is 8.42 Å². The van der Waals surface area contributed by atoms with E-state index in [1.807, 2.05) is 22.9 Å². The molecule has 0 bridgehead atoms. The average molecular weight is 291 g/mol. The van der Waals surface area contributed by atoms with E-state index in [1.165, 1.54) is 8.77 Å². The average Bonchev–Trinajstić information content (AvgIpc) is 1.80. The van der Waals surface area contributed by atoms with Crippen molar-refractivity contribution in [2.24, 2.45) is 5.92 Å². The summed E-state index contributed by atoms with van der Waals surface area (Å²) in [5.41, 5.74) is 0. The highest BCUT2D eigenvalue weighted by atomic mass is 127. The minimum absolute atomic E-state index is 0.550. The molecule has 0 aliphatic rings. The lowest BCUT2D eigenvalue weighted by molar-refractivity contribution is 0.512. The maximum Gasteiger partial charge on any atom is 0.219 e. The number of nitrogens with zero attached hydrogens (tertiary/aromatic N) is 1. The van der Waals surface area contributed by atoms with Gasteiger partial charge in [0.05, 0.1) is 6.26 Å². The van der Waals surface area contributed by atoms with Crippen LogP contribution < -0.4 is 0 Å². The van der Waals surface area contributed by atoms with Crippen LogP contribution in [0.3, 0.4) is 0 Å². The fraction of sp³-hybridized carbons (Fsp3) is 1.00. The van der Waals surface area contributed by atoms with Crippen LogP contribution in [-0.2, 0) is 10.0 Å². The number of sulfonamides is 1. The quantitative estimate of drug-likeness (QED) is 0.583. The molecule has 0 N–H and O–H groups in total. The Morgan fingerprint density at radius 2 is 1.91 bits per heavy atom. The summed E-state index contributed by atoms with van der Waals surface area (Å²) in [6.45, 7) is 4.76. The third kappa shape index (κ3) is 5.86. The van der Waals surface area contributed by atoms with E-state index in [2.05, 4.69) is 13.8 Å². The SMILES string of the molecule is CC(C)CCN(I)S(C)(=O)=O. The first-order valence-electron chi connectivity index (χ1n) is 3.47. The van der Waals surface area contributed by atoms with E-state index < -0.39 is 10.0 Å². The Kier molecular flexibility index (Phi) is 4.88. The van der Waals surface area contributed by atoms with Crippen LogP contribution in [0.2, 0.25) is 0 Å². The van der Waals surface area contributed by atoms with Crippen LogP contribution in [0.15, 0.2) is 0 Å². The Morgan fingerprint density at radius 1 is 1.45 bits per heavy atom. The summed E-state index contributed by atoms with van der Waals surface area (Å²) in [5, 5.41) is 0. The van der Waals surface area contributed by atoms with Crippen LogP contribution in [0.4, 0.5) is 0 Å². The molecule has 68 valence electrons. The first-order chi connectivity index (χ1) is 4.84. The fourth-order valence-electron chi connectivity index (χ4n) is 0.526. The van der Waals surface area contributed by atoms with Gasteiger partial charge in [0.25, 0.3) is 0 Å². The molecule has 5 heteroatoms. The van der Waals surface area contributed by atoms with Gasteiger partial charge >= 0.3 is 0 Å². The zero-order chi connectivity index (χ0) is 9.07. The van der Waals surface area contributed by atoms with Crippen LogP contribution >= 0.6 is 22.9 Å². The lowest BCUT2D eigenvalue weighted by atomic mass is 10.1. The molecule has 0 atom stereocenters. The highest BCUT2D eigenvalue weighted by molar-refractivity contribution is 14.1. The molecular formula is C6H14INO2S. The maximum atomic E-state index is 10.9. The normalized spacial score (nSPS) is 12.9. The Morgan fingerprint density at radius 3 is 2.18 bits per heavy atom. The van der Waals surface area contributed by atoms with E-state index >= 15 is 0 Å². The van der Waals surface area contributed by atoms with Crippen molar-refractivity contribution in [2.45, 2.75) is 20.3 Å². The van der Waals surface area contributed by atoms with Gasteiger partial charge in [0.2, 0.25) is 10.0 Å². The standard InChI is InChI=1S/C6H14INO2S/c1-6(2)4-5-8(7)11(3,9)10/h6H,4-5H2,1-3H3. The molecule has 0 aromatic heterocycles. The minimum atomic E-state index is -2.98. The van der Waals surface area contributed by atoms with Gasteiger partial charge in [-0.3, -0.25) is 0 Å². The van der Waals surface area contributed by atoms with E-state index in [9.17, 15) is 8.42 Å². The van der Waals surface area contributed by atoms with Crippen LogP contribution in [-0.4, -0.2) is 23.7 Å². The third-order valence-electron chi connectivity index (χ3n) is 1.24. The summed E-state index contributed by atoms with van der Waals surface area (Å²) in [4.78, 5) is 0. The highest BCUT2D eigenvalue weighted by Gasteiger charge is 2.12. The van der Waals surface area contributed by atoms with Crippen molar-refractivity contribution in [2.75, 3.05) is 12.8 Å². The predicted octanol–water partition coefficient (Wildman–Crippen LogP) is 1.64. The van der Waals surface area contributed by atoms with Crippen LogP contribution in [0.25, 0.3) is 0 Å². The van der Waals surface area contributed by atoms with E-state index in [4.69, 9.17) is 0 Å². The molecule has 11 heavy (non-hydrogen) atoms. The second-order valence-corrected chi connectivity index (χ2v) is 6.68. The molecule has 0 aliphatic carbocycles. The Bertz CT molecular complexity index is 201. The summed E-state index contributed by atoms with van der Waals surface area (Å²) in [6, 6.07) is 0. The predicted molar refractivity (Wildman–Crippen MR) is 55.0 cm³/mol. The van der Waals surface area contributed by atoms with Gasteiger partial charge in [-0.2, -0.15) is 0 Å². The molecule has 0 spiro atoms. The summed E-state index contributed by atoms with van der Waals surface area (Å²) < 4.78 is 23.1. The molecule has 0 aliphatic heterocycles.